The number of rotatable bonds is 9. The van der Waals surface area contributed by atoms with Gasteiger partial charge in [-0.1, -0.05) is 23.9 Å². The maximum absolute atomic E-state index is 12.9. The van der Waals surface area contributed by atoms with Crippen LogP contribution in [0.3, 0.4) is 0 Å². The zero-order valence-electron chi connectivity index (χ0n) is 20.2. The summed E-state index contributed by atoms with van der Waals surface area (Å²) in [5, 5.41) is 13.0. The van der Waals surface area contributed by atoms with Gasteiger partial charge >= 0.3 is 11.9 Å². The molecule has 1 aliphatic heterocycles. The van der Waals surface area contributed by atoms with E-state index in [2.05, 4.69) is 5.32 Å². The predicted molar refractivity (Wildman–Crippen MR) is 133 cm³/mol. The summed E-state index contributed by atoms with van der Waals surface area (Å²) >= 11 is 1.40. The maximum Gasteiger partial charge on any atom is 0.338 e. The van der Waals surface area contributed by atoms with Gasteiger partial charge in [0.2, 0.25) is 5.75 Å². The molecule has 3 rings (SSSR count). The predicted octanol–water partition coefficient (Wildman–Crippen LogP) is 4.18. The zero-order valence-corrected chi connectivity index (χ0v) is 21.0. The SMILES string of the molecule is CCOC(=O)C1=C(C)NC(SCc2cccc(C(=O)O)c2)=N[C@@H]1c1cc(OC)c(OC)c(OC)c1. The second-order valence-corrected chi connectivity index (χ2v) is 8.44. The van der Waals surface area contributed by atoms with Crippen molar-refractivity contribution in [1.29, 1.82) is 0 Å². The highest BCUT2D eigenvalue weighted by Crippen LogP contribution is 2.43. The number of amidine groups is 1. The van der Waals surface area contributed by atoms with E-state index in [1.807, 2.05) is 6.07 Å². The molecule has 2 N–H and O–H groups in total. The van der Waals surface area contributed by atoms with Crippen LogP contribution < -0.4 is 19.5 Å². The Hall–Kier alpha value is -3.66. The number of hydrogen-bond acceptors (Lipinski definition) is 9. The van der Waals surface area contributed by atoms with E-state index in [1.165, 1.54) is 33.1 Å². The van der Waals surface area contributed by atoms with Crippen molar-refractivity contribution >= 4 is 28.9 Å². The van der Waals surface area contributed by atoms with Crippen LogP contribution >= 0.6 is 11.8 Å². The number of esters is 1. The molecule has 0 amide bonds. The van der Waals surface area contributed by atoms with Crippen LogP contribution in [0.5, 0.6) is 17.2 Å². The quantitative estimate of drug-likeness (QED) is 0.489. The minimum Gasteiger partial charge on any atom is -0.493 e. The third kappa shape index (κ3) is 5.89. The Bertz CT molecular complexity index is 1150. The Morgan fingerprint density at radius 3 is 2.34 bits per heavy atom. The molecular formula is C25H28N2O7S. The molecule has 0 unspecified atom stereocenters. The fraction of sp³-hybridized carbons (Fsp3) is 0.320. The Kier molecular flexibility index (Phi) is 8.64. The average molecular weight is 501 g/mol. The molecule has 2 aromatic carbocycles. The van der Waals surface area contributed by atoms with Gasteiger partial charge in [0.15, 0.2) is 16.7 Å². The highest BCUT2D eigenvalue weighted by molar-refractivity contribution is 8.13. The first-order valence-corrected chi connectivity index (χ1v) is 11.8. The van der Waals surface area contributed by atoms with Crippen LogP contribution in [0.1, 0.15) is 41.4 Å². The number of aromatic carboxylic acids is 1. The molecule has 0 bridgehead atoms. The molecule has 2 aromatic rings. The highest BCUT2D eigenvalue weighted by Gasteiger charge is 2.32. The molecule has 9 nitrogen and oxygen atoms in total. The molecule has 0 fully saturated rings. The number of benzene rings is 2. The van der Waals surface area contributed by atoms with Gasteiger partial charge in [0, 0.05) is 11.4 Å². The minimum atomic E-state index is -0.981. The van der Waals surface area contributed by atoms with Gasteiger partial charge in [-0.25, -0.2) is 14.6 Å². The van der Waals surface area contributed by atoms with Gasteiger partial charge in [-0.15, -0.1) is 0 Å². The van der Waals surface area contributed by atoms with E-state index in [1.54, 1.807) is 44.2 Å². The second-order valence-electron chi connectivity index (χ2n) is 7.47. The molecule has 0 saturated heterocycles. The lowest BCUT2D eigenvalue weighted by molar-refractivity contribution is -0.138. The number of hydrogen-bond donors (Lipinski definition) is 2. The van der Waals surface area contributed by atoms with Gasteiger partial charge in [-0.05, 0) is 49.2 Å². The fourth-order valence-electron chi connectivity index (χ4n) is 3.64. The highest BCUT2D eigenvalue weighted by atomic mass is 32.2. The van der Waals surface area contributed by atoms with Crippen molar-refractivity contribution in [3.63, 3.8) is 0 Å². The summed E-state index contributed by atoms with van der Waals surface area (Å²) < 4.78 is 21.7. The van der Waals surface area contributed by atoms with Crippen molar-refractivity contribution in [3.8, 4) is 17.2 Å². The fourth-order valence-corrected chi connectivity index (χ4v) is 4.53. The second kappa shape index (κ2) is 11.7. The molecule has 10 heteroatoms. The van der Waals surface area contributed by atoms with Crippen LogP contribution in [0.4, 0.5) is 0 Å². The molecule has 186 valence electrons. The molecule has 1 heterocycles. The van der Waals surface area contributed by atoms with Crippen LogP contribution in [0.25, 0.3) is 0 Å². The number of carbonyl (C=O) groups excluding carboxylic acids is 1. The topological polar surface area (TPSA) is 116 Å². The number of methoxy groups -OCH3 is 3. The molecule has 0 saturated carbocycles. The summed E-state index contributed by atoms with van der Waals surface area (Å²) in [6, 6.07) is 9.56. The maximum atomic E-state index is 12.9. The molecule has 1 atom stereocenters. The van der Waals surface area contributed by atoms with Crippen molar-refractivity contribution in [3.05, 3.63) is 64.4 Å². The van der Waals surface area contributed by atoms with Crippen molar-refractivity contribution in [2.75, 3.05) is 27.9 Å². The first-order chi connectivity index (χ1) is 16.8. The number of carboxylic acids is 1. The van der Waals surface area contributed by atoms with E-state index in [9.17, 15) is 14.7 Å². The van der Waals surface area contributed by atoms with Crippen molar-refractivity contribution in [1.82, 2.24) is 5.32 Å². The summed E-state index contributed by atoms with van der Waals surface area (Å²) in [6.45, 7) is 3.76. The third-order valence-electron chi connectivity index (χ3n) is 5.27. The number of nitrogens with one attached hydrogen (secondary N) is 1. The van der Waals surface area contributed by atoms with Gasteiger partial charge in [-0.3, -0.25) is 0 Å². The summed E-state index contributed by atoms with van der Waals surface area (Å²) in [6.07, 6.45) is 0. The Morgan fingerprint density at radius 1 is 1.09 bits per heavy atom. The molecule has 0 aromatic heterocycles. The summed E-state index contributed by atoms with van der Waals surface area (Å²) in [4.78, 5) is 29.0. The summed E-state index contributed by atoms with van der Waals surface area (Å²) in [5.74, 6) is 0.343. The third-order valence-corrected chi connectivity index (χ3v) is 6.22. The number of nitrogens with zero attached hydrogens (tertiary/aromatic N) is 1. The van der Waals surface area contributed by atoms with Crippen molar-refractivity contribution < 1.29 is 33.6 Å². The number of allylic oxidation sites excluding steroid dienone is 1. The Balaban J connectivity index is 2.00. The average Bonchev–Trinajstić information content (AvgIpc) is 2.86. The standard InChI is InChI=1S/C25H28N2O7S/c1-6-34-24(30)20-14(2)26-25(35-13-15-8-7-9-16(10-15)23(28)29)27-21(20)17-11-18(31-3)22(33-5)19(12-17)32-4/h7-12,21H,6,13H2,1-5H3,(H,26,27)(H,28,29)/t21-/m1/s1. The van der Waals surface area contributed by atoms with Crippen molar-refractivity contribution in [2.45, 2.75) is 25.6 Å². The lowest BCUT2D eigenvalue weighted by atomic mass is 9.96. The largest absolute Gasteiger partial charge is 0.493 e. The first kappa shape index (κ1) is 26.0. The molecule has 35 heavy (non-hydrogen) atoms. The van der Waals surface area contributed by atoms with E-state index in [0.717, 1.165) is 5.56 Å². The van der Waals surface area contributed by atoms with Gasteiger partial charge in [-0.2, -0.15) is 0 Å². The molecular weight excluding hydrogens is 472 g/mol. The zero-order chi connectivity index (χ0) is 25.5. The van der Waals surface area contributed by atoms with Gasteiger partial charge in [0.25, 0.3) is 0 Å². The number of thioether (sulfide) groups is 1. The normalized spacial score (nSPS) is 15.1. The monoisotopic (exact) mass is 500 g/mol. The van der Waals surface area contributed by atoms with Gasteiger partial charge in [0.1, 0.15) is 6.04 Å². The number of carbonyl (C=O) groups is 2. The number of ether oxygens (including phenoxy) is 4. The van der Waals surface area contributed by atoms with E-state index in [4.69, 9.17) is 23.9 Å². The minimum absolute atomic E-state index is 0.220. The summed E-state index contributed by atoms with van der Waals surface area (Å²) in [7, 11) is 4.56. The lowest BCUT2D eigenvalue weighted by Crippen LogP contribution is -2.30. The molecule has 0 aliphatic carbocycles. The smallest absolute Gasteiger partial charge is 0.338 e. The van der Waals surface area contributed by atoms with Crippen molar-refractivity contribution in [2.24, 2.45) is 4.99 Å². The van der Waals surface area contributed by atoms with E-state index in [0.29, 0.717) is 45.0 Å². The first-order valence-electron chi connectivity index (χ1n) is 10.8. The van der Waals surface area contributed by atoms with Crippen LogP contribution in [0.2, 0.25) is 0 Å². The van der Waals surface area contributed by atoms with E-state index in [-0.39, 0.29) is 12.2 Å². The Morgan fingerprint density at radius 2 is 1.77 bits per heavy atom. The molecule has 0 radical (unpaired) electrons. The number of carboxylic acid groups (broad SMARTS) is 1. The number of aliphatic imine (C=N–C) groups is 1. The summed E-state index contributed by atoms with van der Waals surface area (Å²) in [5.41, 5.74) is 2.70. The van der Waals surface area contributed by atoms with Crippen LogP contribution in [0, 0.1) is 0 Å². The van der Waals surface area contributed by atoms with Crippen LogP contribution in [-0.4, -0.2) is 50.1 Å². The van der Waals surface area contributed by atoms with Gasteiger partial charge < -0.3 is 29.4 Å². The molecule has 1 aliphatic rings. The van der Waals surface area contributed by atoms with E-state index < -0.39 is 18.0 Å². The van der Waals surface area contributed by atoms with E-state index >= 15 is 0 Å². The van der Waals surface area contributed by atoms with Gasteiger partial charge in [0.05, 0.1) is 39.1 Å². The Labute approximate surface area is 208 Å². The molecule has 0 spiro atoms. The lowest BCUT2D eigenvalue weighted by Gasteiger charge is -2.26. The van der Waals surface area contributed by atoms with Crippen LogP contribution in [-0.2, 0) is 15.3 Å². The van der Waals surface area contributed by atoms with Crippen LogP contribution in [0.15, 0.2) is 52.7 Å².